The molecule has 104 valence electrons. The minimum absolute atomic E-state index is 0.163. The molecule has 0 spiro atoms. The third kappa shape index (κ3) is 3.34. The fraction of sp³-hybridized carbons (Fsp3) is 0.938. The van der Waals surface area contributed by atoms with Crippen LogP contribution in [0.5, 0.6) is 0 Å². The monoisotopic (exact) mass is 251 g/mol. The number of rotatable bonds is 4. The van der Waals surface area contributed by atoms with Gasteiger partial charge in [-0.2, -0.15) is 0 Å². The molecule has 0 aromatic rings. The molecule has 0 aromatic heterocycles. The average Bonchev–Trinajstić information content (AvgIpc) is 2.40. The molecule has 0 aromatic carbocycles. The lowest BCUT2D eigenvalue weighted by Gasteiger charge is -2.37. The van der Waals surface area contributed by atoms with Gasteiger partial charge in [0.05, 0.1) is 0 Å². The lowest BCUT2D eigenvalue weighted by atomic mass is 9.68. The second kappa shape index (κ2) is 6.18. The summed E-state index contributed by atoms with van der Waals surface area (Å²) in [6.45, 7) is 3.00. The van der Waals surface area contributed by atoms with Crippen molar-refractivity contribution in [1.82, 2.24) is 0 Å². The van der Waals surface area contributed by atoms with E-state index in [9.17, 15) is 4.79 Å². The van der Waals surface area contributed by atoms with Crippen molar-refractivity contribution in [3.05, 3.63) is 0 Å². The Balaban J connectivity index is 1.92. The van der Waals surface area contributed by atoms with E-state index in [1.54, 1.807) is 0 Å². The molecule has 2 aliphatic rings. The Bertz CT molecular complexity index is 281. The van der Waals surface area contributed by atoms with E-state index in [-0.39, 0.29) is 5.41 Å². The average molecular weight is 251 g/mol. The quantitative estimate of drug-likeness (QED) is 0.828. The number of ketones is 1. The Morgan fingerprint density at radius 3 is 2.50 bits per heavy atom. The van der Waals surface area contributed by atoms with E-state index < -0.39 is 0 Å². The number of Topliss-reactive ketones (excluding diaryl/α,β-unsaturated/α-hetero) is 1. The zero-order valence-corrected chi connectivity index (χ0v) is 11.9. The molecule has 0 saturated heterocycles. The first kappa shape index (κ1) is 14.0. The maximum Gasteiger partial charge on any atom is 0.136 e. The highest BCUT2D eigenvalue weighted by atomic mass is 16.1. The van der Waals surface area contributed by atoms with Gasteiger partial charge in [-0.1, -0.05) is 39.0 Å². The number of carbonyl (C=O) groups is 1. The number of hydrogen-bond donors (Lipinski definition) is 1. The van der Waals surface area contributed by atoms with Crippen LogP contribution in [0.4, 0.5) is 0 Å². The van der Waals surface area contributed by atoms with Crippen molar-refractivity contribution in [2.24, 2.45) is 23.0 Å². The first-order chi connectivity index (χ1) is 8.65. The molecule has 2 rings (SSSR count). The molecule has 0 aliphatic heterocycles. The molecule has 0 radical (unpaired) electrons. The fourth-order valence-corrected chi connectivity index (χ4v) is 4.00. The molecular formula is C16H29NO. The highest BCUT2D eigenvalue weighted by Gasteiger charge is 2.35. The van der Waals surface area contributed by atoms with E-state index in [1.165, 1.54) is 44.9 Å². The van der Waals surface area contributed by atoms with Gasteiger partial charge in [0.1, 0.15) is 5.78 Å². The van der Waals surface area contributed by atoms with Gasteiger partial charge in [-0.25, -0.2) is 0 Å². The Kier molecular flexibility index (Phi) is 4.83. The molecule has 2 aliphatic carbocycles. The van der Waals surface area contributed by atoms with Crippen LogP contribution in [-0.2, 0) is 4.79 Å². The maximum atomic E-state index is 12.5. The predicted molar refractivity (Wildman–Crippen MR) is 75.3 cm³/mol. The minimum atomic E-state index is 0.163. The van der Waals surface area contributed by atoms with E-state index in [0.29, 0.717) is 18.2 Å². The normalized spacial score (nSPS) is 32.1. The summed E-state index contributed by atoms with van der Waals surface area (Å²) in [5, 5.41) is 0. The van der Waals surface area contributed by atoms with Gasteiger partial charge in [0.25, 0.3) is 0 Å². The molecule has 2 nitrogen and oxygen atoms in total. The second-order valence-corrected chi connectivity index (χ2v) is 6.88. The molecule has 2 heteroatoms. The zero-order chi connectivity index (χ0) is 13.0. The number of hydrogen-bond acceptors (Lipinski definition) is 2. The Morgan fingerprint density at radius 2 is 1.89 bits per heavy atom. The summed E-state index contributed by atoms with van der Waals surface area (Å²) in [6.07, 6.45) is 11.8. The molecule has 0 bridgehead atoms. The third-order valence-corrected chi connectivity index (χ3v) is 5.29. The molecule has 2 saturated carbocycles. The highest BCUT2D eigenvalue weighted by molar-refractivity contribution is 5.81. The SMILES string of the molecule is CC1CCCC(C(=O)CC2(CN)CCCCC2)C1. The second-order valence-electron chi connectivity index (χ2n) is 6.88. The van der Waals surface area contributed by atoms with Crippen LogP contribution in [0, 0.1) is 17.3 Å². The number of carbonyl (C=O) groups excluding carboxylic acids is 1. The van der Waals surface area contributed by atoms with Crippen LogP contribution in [0.1, 0.15) is 71.1 Å². The first-order valence-electron chi connectivity index (χ1n) is 7.88. The van der Waals surface area contributed by atoms with Crippen LogP contribution in [0.15, 0.2) is 0 Å². The van der Waals surface area contributed by atoms with E-state index in [2.05, 4.69) is 6.92 Å². The van der Waals surface area contributed by atoms with Gasteiger partial charge >= 0.3 is 0 Å². The van der Waals surface area contributed by atoms with Crippen LogP contribution in [0.3, 0.4) is 0 Å². The van der Waals surface area contributed by atoms with Crippen molar-refractivity contribution < 1.29 is 4.79 Å². The van der Waals surface area contributed by atoms with E-state index in [1.807, 2.05) is 0 Å². The standard InChI is InChI=1S/C16H29NO/c1-13-6-5-7-14(10-13)15(18)11-16(12-17)8-3-2-4-9-16/h13-14H,2-12,17H2,1H3. The van der Waals surface area contributed by atoms with Crippen molar-refractivity contribution in [2.75, 3.05) is 6.54 Å². The van der Waals surface area contributed by atoms with Crippen molar-refractivity contribution in [1.29, 1.82) is 0 Å². The molecule has 2 fully saturated rings. The van der Waals surface area contributed by atoms with Crippen LogP contribution in [-0.4, -0.2) is 12.3 Å². The van der Waals surface area contributed by atoms with Crippen molar-refractivity contribution >= 4 is 5.78 Å². The Hall–Kier alpha value is -0.370. The lowest BCUT2D eigenvalue weighted by Crippen LogP contribution is -2.37. The van der Waals surface area contributed by atoms with Crippen LogP contribution >= 0.6 is 0 Å². The van der Waals surface area contributed by atoms with Gasteiger partial charge in [0.15, 0.2) is 0 Å². The third-order valence-electron chi connectivity index (χ3n) is 5.29. The number of nitrogens with two attached hydrogens (primary N) is 1. The molecule has 18 heavy (non-hydrogen) atoms. The molecule has 2 atom stereocenters. The smallest absolute Gasteiger partial charge is 0.136 e. The lowest BCUT2D eigenvalue weighted by molar-refractivity contribution is -0.127. The van der Waals surface area contributed by atoms with Crippen LogP contribution < -0.4 is 5.73 Å². The first-order valence-corrected chi connectivity index (χ1v) is 7.88. The van der Waals surface area contributed by atoms with Gasteiger partial charge in [0.2, 0.25) is 0 Å². The maximum absolute atomic E-state index is 12.5. The van der Waals surface area contributed by atoms with Crippen molar-refractivity contribution in [3.63, 3.8) is 0 Å². The summed E-state index contributed by atoms with van der Waals surface area (Å²) < 4.78 is 0. The summed E-state index contributed by atoms with van der Waals surface area (Å²) in [6, 6.07) is 0. The molecule has 0 amide bonds. The largest absolute Gasteiger partial charge is 0.330 e. The van der Waals surface area contributed by atoms with Gasteiger partial charge < -0.3 is 5.73 Å². The van der Waals surface area contributed by atoms with Crippen LogP contribution in [0.2, 0.25) is 0 Å². The summed E-state index contributed by atoms with van der Waals surface area (Å²) in [5.74, 6) is 1.61. The molecule has 2 N–H and O–H groups in total. The molecular weight excluding hydrogens is 222 g/mol. The summed E-state index contributed by atoms with van der Waals surface area (Å²) in [7, 11) is 0. The van der Waals surface area contributed by atoms with Gasteiger partial charge in [-0.05, 0) is 43.6 Å². The van der Waals surface area contributed by atoms with Gasteiger partial charge in [-0.15, -0.1) is 0 Å². The minimum Gasteiger partial charge on any atom is -0.330 e. The topological polar surface area (TPSA) is 43.1 Å². The van der Waals surface area contributed by atoms with Gasteiger partial charge in [-0.3, -0.25) is 4.79 Å². The Morgan fingerprint density at radius 1 is 1.17 bits per heavy atom. The summed E-state index contributed by atoms with van der Waals surface area (Å²) in [4.78, 5) is 12.5. The van der Waals surface area contributed by atoms with Crippen molar-refractivity contribution in [3.8, 4) is 0 Å². The van der Waals surface area contributed by atoms with E-state index in [4.69, 9.17) is 5.73 Å². The summed E-state index contributed by atoms with van der Waals surface area (Å²) >= 11 is 0. The van der Waals surface area contributed by atoms with Gasteiger partial charge in [0, 0.05) is 12.3 Å². The molecule has 0 heterocycles. The predicted octanol–water partition coefficient (Wildman–Crippen LogP) is 3.68. The fourth-order valence-electron chi connectivity index (χ4n) is 4.00. The Labute approximate surface area is 112 Å². The van der Waals surface area contributed by atoms with Crippen LogP contribution in [0.25, 0.3) is 0 Å². The summed E-state index contributed by atoms with van der Waals surface area (Å²) in [5.41, 5.74) is 6.15. The van der Waals surface area contributed by atoms with E-state index >= 15 is 0 Å². The zero-order valence-electron chi connectivity index (χ0n) is 11.9. The van der Waals surface area contributed by atoms with Crippen molar-refractivity contribution in [2.45, 2.75) is 71.1 Å². The molecule has 2 unspecified atom stereocenters. The highest BCUT2D eigenvalue weighted by Crippen LogP contribution is 2.40. The van der Waals surface area contributed by atoms with E-state index in [0.717, 1.165) is 25.2 Å².